The molecule has 21 heavy (non-hydrogen) atoms. The van der Waals surface area contributed by atoms with E-state index in [1.165, 1.54) is 16.7 Å². The highest BCUT2D eigenvalue weighted by Gasteiger charge is 2.32. The molecule has 0 saturated heterocycles. The Kier molecular flexibility index (Phi) is 3.45. The zero-order chi connectivity index (χ0) is 15.2. The minimum Gasteiger partial charge on any atom is -0.371 e. The zero-order valence-corrected chi connectivity index (χ0v) is 13.8. The summed E-state index contributed by atoms with van der Waals surface area (Å²) in [6.07, 6.45) is 2.11. The second-order valence-electron chi connectivity index (χ2n) is 5.19. The molecule has 1 aliphatic heterocycles. The van der Waals surface area contributed by atoms with E-state index in [9.17, 15) is 8.42 Å². The SMILES string of the molecule is CNc1nn2c(c1S(C)(=O)=O)NCCC2c1sccc1C. The summed E-state index contributed by atoms with van der Waals surface area (Å²) in [5, 5.41) is 12.6. The van der Waals surface area contributed by atoms with E-state index in [2.05, 4.69) is 34.1 Å². The molecule has 0 fully saturated rings. The lowest BCUT2D eigenvalue weighted by Crippen LogP contribution is -2.25. The number of fused-ring (bicyclic) bond motifs is 1. The molecule has 0 aromatic carbocycles. The van der Waals surface area contributed by atoms with Crippen molar-refractivity contribution in [3.05, 3.63) is 21.9 Å². The molecule has 0 spiro atoms. The van der Waals surface area contributed by atoms with Gasteiger partial charge in [0.2, 0.25) is 0 Å². The number of hydrogen-bond acceptors (Lipinski definition) is 6. The second kappa shape index (κ2) is 5.03. The summed E-state index contributed by atoms with van der Waals surface area (Å²) in [6, 6.07) is 2.17. The number of nitrogens with zero attached hydrogens (tertiary/aromatic N) is 2. The van der Waals surface area contributed by atoms with E-state index in [1.807, 2.05) is 4.68 Å². The lowest BCUT2D eigenvalue weighted by Gasteiger charge is -2.25. The van der Waals surface area contributed by atoms with Crippen LogP contribution >= 0.6 is 11.3 Å². The van der Waals surface area contributed by atoms with Crippen molar-refractivity contribution >= 4 is 32.8 Å². The molecule has 0 bridgehead atoms. The Hall–Kier alpha value is -1.54. The Labute approximate surface area is 128 Å². The molecule has 1 aliphatic rings. The third kappa shape index (κ3) is 2.32. The summed E-state index contributed by atoms with van der Waals surface area (Å²) >= 11 is 1.69. The molecule has 6 nitrogen and oxygen atoms in total. The van der Waals surface area contributed by atoms with Gasteiger partial charge >= 0.3 is 0 Å². The minimum atomic E-state index is -3.35. The molecular weight excluding hydrogens is 308 g/mol. The van der Waals surface area contributed by atoms with E-state index in [0.717, 1.165) is 13.0 Å². The molecule has 8 heteroatoms. The van der Waals surface area contributed by atoms with Crippen molar-refractivity contribution in [3.8, 4) is 0 Å². The van der Waals surface area contributed by atoms with Crippen molar-refractivity contribution in [2.24, 2.45) is 0 Å². The maximum absolute atomic E-state index is 12.1. The highest BCUT2D eigenvalue weighted by molar-refractivity contribution is 7.91. The van der Waals surface area contributed by atoms with Gasteiger partial charge in [-0.2, -0.15) is 5.10 Å². The van der Waals surface area contributed by atoms with Gasteiger partial charge in [-0.05, 0) is 30.4 Å². The summed E-state index contributed by atoms with van der Waals surface area (Å²) in [4.78, 5) is 1.49. The second-order valence-corrected chi connectivity index (χ2v) is 8.09. The Morgan fingerprint density at radius 3 is 2.86 bits per heavy atom. The highest BCUT2D eigenvalue weighted by atomic mass is 32.2. The summed E-state index contributed by atoms with van der Waals surface area (Å²) in [6.45, 7) is 2.81. The maximum atomic E-state index is 12.1. The normalized spacial score (nSPS) is 18.1. The van der Waals surface area contributed by atoms with Gasteiger partial charge in [-0.1, -0.05) is 0 Å². The lowest BCUT2D eigenvalue weighted by atomic mass is 10.1. The van der Waals surface area contributed by atoms with Gasteiger partial charge in [0.05, 0.1) is 6.04 Å². The Morgan fingerprint density at radius 2 is 2.29 bits per heavy atom. The molecule has 0 amide bonds. The number of aryl methyl sites for hydroxylation is 1. The molecule has 1 atom stereocenters. The molecule has 2 N–H and O–H groups in total. The molecule has 0 saturated carbocycles. The Bertz CT molecular complexity index is 776. The smallest absolute Gasteiger partial charge is 0.182 e. The van der Waals surface area contributed by atoms with Gasteiger partial charge in [0.1, 0.15) is 5.82 Å². The Balaban J connectivity index is 2.20. The van der Waals surface area contributed by atoms with Crippen molar-refractivity contribution in [3.63, 3.8) is 0 Å². The summed E-state index contributed by atoms with van der Waals surface area (Å²) in [5.41, 5.74) is 1.22. The van der Waals surface area contributed by atoms with Crippen LogP contribution < -0.4 is 10.6 Å². The van der Waals surface area contributed by atoms with Crippen LogP contribution in [-0.2, 0) is 9.84 Å². The van der Waals surface area contributed by atoms with Crippen LogP contribution in [0.25, 0.3) is 0 Å². The lowest BCUT2D eigenvalue weighted by molar-refractivity contribution is 0.487. The Morgan fingerprint density at radius 1 is 1.52 bits per heavy atom. The number of sulfone groups is 1. The molecule has 0 radical (unpaired) electrons. The fraction of sp³-hybridized carbons (Fsp3) is 0.462. The number of nitrogens with one attached hydrogen (secondary N) is 2. The number of rotatable bonds is 3. The van der Waals surface area contributed by atoms with E-state index in [0.29, 0.717) is 11.6 Å². The predicted molar refractivity (Wildman–Crippen MR) is 85.2 cm³/mol. The van der Waals surface area contributed by atoms with E-state index in [-0.39, 0.29) is 10.9 Å². The van der Waals surface area contributed by atoms with Crippen LogP contribution in [0.1, 0.15) is 22.9 Å². The van der Waals surface area contributed by atoms with Crippen LogP contribution in [0.15, 0.2) is 16.3 Å². The monoisotopic (exact) mass is 326 g/mol. The minimum absolute atomic E-state index is 0.0869. The number of thiophene rings is 1. The van der Waals surface area contributed by atoms with Crippen molar-refractivity contribution < 1.29 is 8.42 Å². The van der Waals surface area contributed by atoms with Crippen LogP contribution in [0.2, 0.25) is 0 Å². The van der Waals surface area contributed by atoms with Crippen LogP contribution in [0.5, 0.6) is 0 Å². The van der Waals surface area contributed by atoms with Crippen molar-refractivity contribution in [1.29, 1.82) is 0 Å². The van der Waals surface area contributed by atoms with Gasteiger partial charge < -0.3 is 10.6 Å². The first-order valence-corrected chi connectivity index (χ1v) is 9.48. The first-order valence-electron chi connectivity index (χ1n) is 6.71. The van der Waals surface area contributed by atoms with E-state index in [1.54, 1.807) is 18.4 Å². The summed E-state index contributed by atoms with van der Waals surface area (Å²) in [7, 11) is -1.66. The quantitative estimate of drug-likeness (QED) is 0.903. The van der Waals surface area contributed by atoms with Gasteiger partial charge in [0.15, 0.2) is 20.6 Å². The third-order valence-corrected chi connectivity index (χ3v) is 5.93. The van der Waals surface area contributed by atoms with Crippen LogP contribution in [0.4, 0.5) is 11.6 Å². The zero-order valence-electron chi connectivity index (χ0n) is 12.2. The van der Waals surface area contributed by atoms with Gasteiger partial charge in [-0.25, -0.2) is 13.1 Å². The molecule has 3 heterocycles. The van der Waals surface area contributed by atoms with Crippen molar-refractivity contribution in [2.75, 3.05) is 30.5 Å². The van der Waals surface area contributed by atoms with Crippen LogP contribution in [0.3, 0.4) is 0 Å². The molecule has 2 aromatic heterocycles. The van der Waals surface area contributed by atoms with Crippen LogP contribution in [-0.4, -0.2) is 38.0 Å². The average Bonchev–Trinajstić information content (AvgIpc) is 3.00. The molecule has 114 valence electrons. The van der Waals surface area contributed by atoms with E-state index < -0.39 is 9.84 Å². The average molecular weight is 326 g/mol. The summed E-state index contributed by atoms with van der Waals surface area (Å²) < 4.78 is 26.0. The van der Waals surface area contributed by atoms with Crippen molar-refractivity contribution in [1.82, 2.24) is 9.78 Å². The summed E-state index contributed by atoms with van der Waals surface area (Å²) in [5.74, 6) is 0.993. The first kappa shape index (κ1) is 14.4. The third-order valence-electron chi connectivity index (χ3n) is 3.68. The number of hydrogen-bond donors (Lipinski definition) is 2. The number of aromatic nitrogens is 2. The van der Waals surface area contributed by atoms with E-state index in [4.69, 9.17) is 0 Å². The molecule has 1 unspecified atom stereocenters. The van der Waals surface area contributed by atoms with Gasteiger partial charge in [-0.15, -0.1) is 11.3 Å². The van der Waals surface area contributed by atoms with Gasteiger partial charge in [0, 0.05) is 24.7 Å². The topological polar surface area (TPSA) is 76.0 Å². The van der Waals surface area contributed by atoms with Crippen LogP contribution in [0, 0.1) is 6.92 Å². The first-order chi connectivity index (χ1) is 9.93. The standard InChI is InChI=1S/C13H18N4O2S2/c1-8-5-7-20-10(8)9-4-6-15-13-11(21(3,18)19)12(14-2)16-17(9)13/h5,7,9,15H,4,6H2,1-3H3,(H,14,16). The van der Waals surface area contributed by atoms with Gasteiger partial charge in [0.25, 0.3) is 0 Å². The molecule has 0 aliphatic carbocycles. The molecule has 3 rings (SSSR count). The van der Waals surface area contributed by atoms with Crippen molar-refractivity contribution in [2.45, 2.75) is 24.3 Å². The predicted octanol–water partition coefficient (Wildman–Crippen LogP) is 2.10. The van der Waals surface area contributed by atoms with Gasteiger partial charge in [-0.3, -0.25) is 0 Å². The maximum Gasteiger partial charge on any atom is 0.182 e. The highest BCUT2D eigenvalue weighted by Crippen LogP contribution is 2.39. The van der Waals surface area contributed by atoms with E-state index >= 15 is 0 Å². The molecule has 2 aromatic rings. The number of anilines is 2. The fourth-order valence-electron chi connectivity index (χ4n) is 2.74. The fourth-order valence-corrected chi connectivity index (χ4v) is 4.80. The molecular formula is C13H18N4O2S2. The largest absolute Gasteiger partial charge is 0.371 e.